The molecular weight excluding hydrogens is 272 g/mol. The van der Waals surface area contributed by atoms with Crippen molar-refractivity contribution in [3.63, 3.8) is 0 Å². The van der Waals surface area contributed by atoms with E-state index in [0.29, 0.717) is 13.0 Å². The van der Waals surface area contributed by atoms with Crippen LogP contribution in [0.5, 0.6) is 0 Å². The van der Waals surface area contributed by atoms with Crippen LogP contribution in [0.3, 0.4) is 0 Å². The summed E-state index contributed by atoms with van der Waals surface area (Å²) in [4.78, 5) is 23.2. The molecule has 6 nitrogen and oxygen atoms in total. The number of carboxylic acid groups (broad SMARTS) is 1. The first-order chi connectivity index (χ1) is 9.73. The first-order valence-electron chi connectivity index (χ1n) is 7.65. The van der Waals surface area contributed by atoms with Gasteiger partial charge in [-0.2, -0.15) is 0 Å². The number of carbonyl (C=O) groups excluding carboxylic acids is 1. The highest BCUT2D eigenvalue weighted by Gasteiger charge is 2.49. The molecule has 2 amide bonds. The third kappa shape index (κ3) is 4.09. The van der Waals surface area contributed by atoms with Crippen molar-refractivity contribution in [2.75, 3.05) is 6.61 Å². The molecule has 3 N–H and O–H groups in total. The maximum Gasteiger partial charge on any atom is 0.326 e. The summed E-state index contributed by atoms with van der Waals surface area (Å²) in [6, 6.07) is -1.28. The number of carbonyl (C=O) groups is 2. The van der Waals surface area contributed by atoms with Crippen LogP contribution >= 0.6 is 0 Å². The highest BCUT2D eigenvalue weighted by molar-refractivity contribution is 5.83. The van der Waals surface area contributed by atoms with Gasteiger partial charge in [0.1, 0.15) is 6.04 Å². The lowest BCUT2D eigenvalue weighted by Crippen LogP contribution is -2.64. The van der Waals surface area contributed by atoms with Gasteiger partial charge in [-0.15, -0.1) is 0 Å². The van der Waals surface area contributed by atoms with Crippen LogP contribution in [0.1, 0.15) is 47.5 Å². The number of urea groups is 1. The van der Waals surface area contributed by atoms with Gasteiger partial charge in [0, 0.05) is 18.1 Å². The SMILES string of the molecule is CCOC1CC(NC(=O)NC(C(=O)O)C(C)CC)C1(C)C. The maximum atomic E-state index is 12.0. The molecule has 0 aromatic rings. The Labute approximate surface area is 126 Å². The predicted molar refractivity (Wildman–Crippen MR) is 80.1 cm³/mol. The summed E-state index contributed by atoms with van der Waals surface area (Å²) in [6.45, 7) is 10.4. The number of carboxylic acids is 1. The Kier molecular flexibility index (Phi) is 6.01. The van der Waals surface area contributed by atoms with Crippen molar-refractivity contribution in [3.05, 3.63) is 0 Å². The smallest absolute Gasteiger partial charge is 0.326 e. The maximum absolute atomic E-state index is 12.0. The lowest BCUT2D eigenvalue weighted by atomic mass is 9.64. The van der Waals surface area contributed by atoms with Crippen molar-refractivity contribution >= 4 is 12.0 Å². The quantitative estimate of drug-likeness (QED) is 0.671. The average Bonchev–Trinajstić information content (AvgIpc) is 2.42. The zero-order valence-electron chi connectivity index (χ0n) is 13.6. The summed E-state index contributed by atoms with van der Waals surface area (Å²) >= 11 is 0. The van der Waals surface area contributed by atoms with E-state index in [1.54, 1.807) is 0 Å². The van der Waals surface area contributed by atoms with E-state index in [1.165, 1.54) is 0 Å². The number of hydrogen-bond acceptors (Lipinski definition) is 3. The normalized spacial score (nSPS) is 26.3. The Morgan fingerprint density at radius 1 is 1.38 bits per heavy atom. The summed E-state index contributed by atoms with van der Waals surface area (Å²) in [5.74, 6) is -1.11. The Balaban J connectivity index is 2.53. The van der Waals surface area contributed by atoms with Crippen LogP contribution in [0.4, 0.5) is 4.79 Å². The summed E-state index contributed by atoms with van der Waals surface area (Å²) in [5.41, 5.74) is -0.136. The molecule has 4 atom stereocenters. The minimum Gasteiger partial charge on any atom is -0.480 e. The van der Waals surface area contributed by atoms with Crippen molar-refractivity contribution in [1.29, 1.82) is 0 Å². The van der Waals surface area contributed by atoms with Gasteiger partial charge in [0.05, 0.1) is 6.10 Å². The van der Waals surface area contributed by atoms with Gasteiger partial charge >= 0.3 is 12.0 Å². The molecule has 0 aromatic heterocycles. The van der Waals surface area contributed by atoms with Gasteiger partial charge in [-0.1, -0.05) is 34.1 Å². The van der Waals surface area contributed by atoms with E-state index < -0.39 is 18.0 Å². The van der Waals surface area contributed by atoms with Crippen molar-refractivity contribution in [2.45, 2.75) is 65.6 Å². The molecule has 0 saturated heterocycles. The Hall–Kier alpha value is -1.30. The van der Waals surface area contributed by atoms with Gasteiger partial charge in [-0.05, 0) is 19.3 Å². The summed E-state index contributed by atoms with van der Waals surface area (Å²) < 4.78 is 5.61. The molecular formula is C15H28N2O4. The minimum atomic E-state index is -1.00. The molecule has 6 heteroatoms. The van der Waals surface area contributed by atoms with E-state index >= 15 is 0 Å². The fourth-order valence-electron chi connectivity index (χ4n) is 2.64. The Morgan fingerprint density at radius 3 is 2.43 bits per heavy atom. The molecule has 122 valence electrons. The van der Waals surface area contributed by atoms with Gasteiger partial charge in [0.25, 0.3) is 0 Å². The van der Waals surface area contributed by atoms with Crippen molar-refractivity contribution in [3.8, 4) is 0 Å². The van der Waals surface area contributed by atoms with E-state index in [2.05, 4.69) is 10.6 Å². The molecule has 1 aliphatic rings. The van der Waals surface area contributed by atoms with Gasteiger partial charge in [0.2, 0.25) is 0 Å². The fraction of sp³-hybridized carbons (Fsp3) is 0.867. The molecule has 0 aromatic carbocycles. The molecule has 0 spiro atoms. The van der Waals surface area contributed by atoms with Gasteiger partial charge in [-0.3, -0.25) is 0 Å². The largest absolute Gasteiger partial charge is 0.480 e. The van der Waals surface area contributed by atoms with E-state index in [0.717, 1.165) is 6.42 Å². The van der Waals surface area contributed by atoms with Crippen LogP contribution in [0, 0.1) is 11.3 Å². The van der Waals surface area contributed by atoms with Gasteiger partial charge in [-0.25, -0.2) is 9.59 Å². The van der Waals surface area contributed by atoms with Crippen LogP contribution in [-0.2, 0) is 9.53 Å². The molecule has 4 unspecified atom stereocenters. The van der Waals surface area contributed by atoms with Crippen LogP contribution in [0.2, 0.25) is 0 Å². The van der Waals surface area contributed by atoms with Crippen LogP contribution < -0.4 is 10.6 Å². The zero-order valence-corrected chi connectivity index (χ0v) is 13.6. The van der Waals surface area contributed by atoms with Crippen molar-refractivity contribution in [2.24, 2.45) is 11.3 Å². The molecule has 0 bridgehead atoms. The molecule has 0 aliphatic heterocycles. The molecule has 0 radical (unpaired) electrons. The second-order valence-electron chi connectivity index (χ2n) is 6.37. The summed E-state index contributed by atoms with van der Waals surface area (Å²) in [7, 11) is 0. The van der Waals surface area contributed by atoms with Crippen molar-refractivity contribution < 1.29 is 19.4 Å². The molecule has 1 rings (SSSR count). The highest BCUT2D eigenvalue weighted by atomic mass is 16.5. The molecule has 1 fully saturated rings. The first-order valence-corrected chi connectivity index (χ1v) is 7.65. The van der Waals surface area contributed by atoms with Gasteiger partial charge < -0.3 is 20.5 Å². The second-order valence-corrected chi connectivity index (χ2v) is 6.37. The van der Waals surface area contributed by atoms with E-state index in [1.807, 2.05) is 34.6 Å². The van der Waals surface area contributed by atoms with Gasteiger partial charge in [0.15, 0.2) is 0 Å². The Morgan fingerprint density at radius 2 is 2.00 bits per heavy atom. The zero-order chi connectivity index (χ0) is 16.2. The lowest BCUT2D eigenvalue weighted by molar-refractivity contribution is -0.140. The summed E-state index contributed by atoms with van der Waals surface area (Å²) in [5, 5.41) is 14.6. The minimum absolute atomic E-state index is 0.000396. The number of aliphatic carboxylic acids is 1. The fourth-order valence-corrected chi connectivity index (χ4v) is 2.64. The second kappa shape index (κ2) is 7.11. The lowest BCUT2D eigenvalue weighted by Gasteiger charge is -2.51. The Bertz CT molecular complexity index is 384. The molecule has 21 heavy (non-hydrogen) atoms. The van der Waals surface area contributed by atoms with Crippen LogP contribution in [0.15, 0.2) is 0 Å². The third-order valence-electron chi connectivity index (χ3n) is 4.62. The van der Waals surface area contributed by atoms with Crippen molar-refractivity contribution in [1.82, 2.24) is 10.6 Å². The predicted octanol–water partition coefficient (Wildman–Crippen LogP) is 1.99. The number of amides is 2. The molecule has 0 heterocycles. The number of rotatable bonds is 7. The number of ether oxygens (including phenoxy) is 1. The average molecular weight is 300 g/mol. The highest BCUT2D eigenvalue weighted by Crippen LogP contribution is 2.42. The standard InChI is InChI=1S/C15H28N2O4/c1-6-9(3)12(13(18)19)17-14(20)16-10-8-11(21-7-2)15(10,4)5/h9-12H,6-8H2,1-5H3,(H,18,19)(H2,16,17,20). The van der Waals surface area contributed by atoms with E-state index in [4.69, 9.17) is 4.74 Å². The topological polar surface area (TPSA) is 87.7 Å². The third-order valence-corrected chi connectivity index (χ3v) is 4.62. The molecule has 1 saturated carbocycles. The first kappa shape index (κ1) is 17.8. The van der Waals surface area contributed by atoms with Crippen LogP contribution in [0.25, 0.3) is 0 Å². The number of nitrogens with one attached hydrogen (secondary N) is 2. The van der Waals surface area contributed by atoms with Crippen LogP contribution in [-0.4, -0.2) is 41.9 Å². The summed E-state index contributed by atoms with van der Waals surface area (Å²) in [6.07, 6.45) is 1.59. The number of hydrogen-bond donors (Lipinski definition) is 3. The monoisotopic (exact) mass is 300 g/mol. The van der Waals surface area contributed by atoms with E-state index in [9.17, 15) is 14.7 Å². The molecule has 1 aliphatic carbocycles. The van der Waals surface area contributed by atoms with E-state index in [-0.39, 0.29) is 23.5 Å².